The average molecular weight is 288 g/mol. The van der Waals surface area contributed by atoms with Gasteiger partial charge in [0.2, 0.25) is 10.0 Å². The molecule has 0 amide bonds. The molecule has 8 heteroatoms. The lowest BCUT2D eigenvalue weighted by molar-refractivity contribution is 0.0917. The second kappa shape index (κ2) is 5.18. The second-order valence-electron chi connectivity index (χ2n) is 5.21. The van der Waals surface area contributed by atoms with Gasteiger partial charge in [-0.3, -0.25) is 4.68 Å². The van der Waals surface area contributed by atoms with Crippen LogP contribution in [0.15, 0.2) is 0 Å². The van der Waals surface area contributed by atoms with E-state index in [1.807, 2.05) is 14.0 Å². The zero-order valence-corrected chi connectivity index (χ0v) is 12.2. The molecule has 2 N–H and O–H groups in total. The van der Waals surface area contributed by atoms with Gasteiger partial charge in [-0.1, -0.05) is 0 Å². The summed E-state index contributed by atoms with van der Waals surface area (Å²) in [4.78, 5) is 4.38. The summed E-state index contributed by atoms with van der Waals surface area (Å²) < 4.78 is 26.8. The summed E-state index contributed by atoms with van der Waals surface area (Å²) in [6.45, 7) is 1.83. The van der Waals surface area contributed by atoms with Gasteiger partial charge >= 0.3 is 0 Å². The molecule has 3 atom stereocenters. The Kier molecular flexibility index (Phi) is 3.93. The van der Waals surface area contributed by atoms with Crippen molar-refractivity contribution in [2.75, 3.05) is 6.26 Å². The van der Waals surface area contributed by atoms with Crippen LogP contribution >= 0.6 is 0 Å². The Balaban J connectivity index is 2.15. The predicted octanol–water partition coefficient (Wildman–Crippen LogP) is -0.330. The molecule has 1 aromatic heterocycles. The van der Waals surface area contributed by atoms with Crippen molar-refractivity contribution in [2.24, 2.45) is 7.05 Å². The van der Waals surface area contributed by atoms with Gasteiger partial charge in [-0.05, 0) is 26.2 Å². The highest BCUT2D eigenvalue weighted by molar-refractivity contribution is 7.88. The maximum atomic E-state index is 11.3. The van der Waals surface area contributed by atoms with Crippen LogP contribution in [0.5, 0.6) is 0 Å². The van der Waals surface area contributed by atoms with Crippen molar-refractivity contribution in [1.29, 1.82) is 0 Å². The number of aliphatic hydroxyl groups excluding tert-OH is 1. The lowest BCUT2D eigenvalue weighted by Gasteiger charge is -2.32. The fourth-order valence-corrected chi connectivity index (χ4v) is 3.48. The molecule has 0 unspecified atom stereocenters. The number of nitrogens with one attached hydrogen (secondary N) is 1. The van der Waals surface area contributed by atoms with Gasteiger partial charge in [0, 0.05) is 19.0 Å². The summed E-state index contributed by atoms with van der Waals surface area (Å²) in [5.41, 5.74) is 0. The van der Waals surface area contributed by atoms with Crippen LogP contribution in [0.4, 0.5) is 0 Å². The van der Waals surface area contributed by atoms with E-state index in [-0.39, 0.29) is 5.92 Å². The normalized spacial score (nSPS) is 28.5. The van der Waals surface area contributed by atoms with Crippen molar-refractivity contribution < 1.29 is 13.5 Å². The summed E-state index contributed by atoms with van der Waals surface area (Å²) in [5.74, 6) is 1.68. The van der Waals surface area contributed by atoms with E-state index in [9.17, 15) is 13.5 Å². The number of sulfonamides is 1. The lowest BCUT2D eigenvalue weighted by atomic mass is 9.83. The van der Waals surface area contributed by atoms with E-state index in [4.69, 9.17) is 0 Å². The maximum absolute atomic E-state index is 11.3. The molecule has 0 aliphatic heterocycles. The van der Waals surface area contributed by atoms with Gasteiger partial charge in [-0.15, -0.1) is 0 Å². The molecule has 0 spiro atoms. The van der Waals surface area contributed by atoms with Gasteiger partial charge in [0.1, 0.15) is 11.6 Å². The van der Waals surface area contributed by atoms with Crippen LogP contribution in [0.3, 0.4) is 0 Å². The molecule has 1 aromatic rings. The third-order valence-electron chi connectivity index (χ3n) is 3.45. The Morgan fingerprint density at radius 2 is 2.11 bits per heavy atom. The van der Waals surface area contributed by atoms with Crippen molar-refractivity contribution in [2.45, 2.75) is 44.2 Å². The standard InChI is InChI=1S/C11H20N4O3S/c1-7-12-11(15(2)13-7)8-4-5-10(16)9(6-8)14-19(3,17)18/h8-10,14,16H,4-6H2,1-3H3/t8-,9+,10+/m0/s1. The largest absolute Gasteiger partial charge is 0.391 e. The molecule has 19 heavy (non-hydrogen) atoms. The monoisotopic (exact) mass is 288 g/mol. The first-order chi connectivity index (χ1) is 8.76. The Hall–Kier alpha value is -0.990. The number of hydrogen-bond acceptors (Lipinski definition) is 5. The highest BCUT2D eigenvalue weighted by Gasteiger charge is 2.33. The zero-order valence-electron chi connectivity index (χ0n) is 11.4. The van der Waals surface area contributed by atoms with Crippen molar-refractivity contribution in [3.63, 3.8) is 0 Å². The summed E-state index contributed by atoms with van der Waals surface area (Å²) >= 11 is 0. The molecule has 0 radical (unpaired) electrons. The zero-order chi connectivity index (χ0) is 14.2. The minimum absolute atomic E-state index is 0.119. The maximum Gasteiger partial charge on any atom is 0.209 e. The van der Waals surface area contributed by atoms with E-state index in [1.54, 1.807) is 4.68 Å². The van der Waals surface area contributed by atoms with Crippen LogP contribution in [0.25, 0.3) is 0 Å². The van der Waals surface area contributed by atoms with Gasteiger partial charge in [0.25, 0.3) is 0 Å². The topological polar surface area (TPSA) is 97.1 Å². The molecule has 1 saturated carbocycles. The molecule has 2 rings (SSSR count). The minimum Gasteiger partial charge on any atom is -0.391 e. The predicted molar refractivity (Wildman–Crippen MR) is 70.1 cm³/mol. The van der Waals surface area contributed by atoms with E-state index in [1.165, 1.54) is 0 Å². The first-order valence-corrected chi connectivity index (χ1v) is 8.18. The van der Waals surface area contributed by atoms with E-state index in [2.05, 4.69) is 14.8 Å². The van der Waals surface area contributed by atoms with Gasteiger partial charge in [0.15, 0.2) is 0 Å². The number of hydrogen-bond donors (Lipinski definition) is 2. The van der Waals surface area contributed by atoms with Crippen LogP contribution in [0.1, 0.15) is 36.8 Å². The third kappa shape index (κ3) is 3.52. The Morgan fingerprint density at radius 3 is 2.63 bits per heavy atom. The highest BCUT2D eigenvalue weighted by atomic mass is 32.2. The average Bonchev–Trinajstić information content (AvgIpc) is 2.59. The van der Waals surface area contributed by atoms with Crippen LogP contribution in [0, 0.1) is 6.92 Å². The number of aromatic nitrogens is 3. The number of aliphatic hydroxyl groups is 1. The number of rotatable bonds is 3. The molecule has 1 aliphatic carbocycles. The molecule has 1 fully saturated rings. The molecule has 1 aliphatic rings. The number of aryl methyl sites for hydroxylation is 2. The molecule has 0 saturated heterocycles. The van der Waals surface area contributed by atoms with Gasteiger partial charge in [-0.2, -0.15) is 5.10 Å². The van der Waals surface area contributed by atoms with Crippen molar-refractivity contribution in [1.82, 2.24) is 19.5 Å². The molecule has 1 heterocycles. The first-order valence-electron chi connectivity index (χ1n) is 6.29. The molecule has 0 aromatic carbocycles. The van der Waals surface area contributed by atoms with E-state index in [0.29, 0.717) is 18.7 Å². The first kappa shape index (κ1) is 14.4. The van der Waals surface area contributed by atoms with Crippen molar-refractivity contribution in [3.05, 3.63) is 11.6 Å². The van der Waals surface area contributed by atoms with Gasteiger partial charge in [0.05, 0.1) is 12.4 Å². The smallest absolute Gasteiger partial charge is 0.209 e. The van der Waals surface area contributed by atoms with Crippen LogP contribution in [-0.4, -0.2) is 46.7 Å². The molecule has 0 bridgehead atoms. The fourth-order valence-electron chi connectivity index (χ4n) is 2.68. The van der Waals surface area contributed by atoms with Crippen molar-refractivity contribution >= 4 is 10.0 Å². The Morgan fingerprint density at radius 1 is 1.42 bits per heavy atom. The highest BCUT2D eigenvalue weighted by Crippen LogP contribution is 2.32. The summed E-state index contributed by atoms with van der Waals surface area (Å²) in [7, 11) is -1.49. The molecule has 108 valence electrons. The van der Waals surface area contributed by atoms with Crippen LogP contribution < -0.4 is 4.72 Å². The van der Waals surface area contributed by atoms with Crippen molar-refractivity contribution in [3.8, 4) is 0 Å². The Labute approximate surface area is 113 Å². The fraction of sp³-hybridized carbons (Fsp3) is 0.818. The van der Waals surface area contributed by atoms with Crippen LogP contribution in [-0.2, 0) is 17.1 Å². The van der Waals surface area contributed by atoms with Crippen LogP contribution in [0.2, 0.25) is 0 Å². The summed E-state index contributed by atoms with van der Waals surface area (Å²) in [6, 6.07) is -0.453. The molecular formula is C11H20N4O3S. The van der Waals surface area contributed by atoms with E-state index >= 15 is 0 Å². The Bertz CT molecular complexity index is 554. The quantitative estimate of drug-likeness (QED) is 0.794. The SMILES string of the molecule is Cc1nc([C@H]2CC[C@@H](O)[C@H](NS(C)(=O)=O)C2)n(C)n1. The third-order valence-corrected chi connectivity index (χ3v) is 4.18. The van der Waals surface area contributed by atoms with Gasteiger partial charge < -0.3 is 5.11 Å². The van der Waals surface area contributed by atoms with Gasteiger partial charge in [-0.25, -0.2) is 18.1 Å². The second-order valence-corrected chi connectivity index (χ2v) is 6.99. The summed E-state index contributed by atoms with van der Waals surface area (Å²) in [5, 5.41) is 14.1. The molecule has 7 nitrogen and oxygen atoms in total. The van der Waals surface area contributed by atoms with E-state index in [0.717, 1.165) is 18.5 Å². The number of nitrogens with zero attached hydrogens (tertiary/aromatic N) is 3. The molecular weight excluding hydrogens is 268 g/mol. The summed E-state index contributed by atoms with van der Waals surface area (Å²) in [6.07, 6.45) is 2.36. The minimum atomic E-state index is -3.32. The lowest BCUT2D eigenvalue weighted by Crippen LogP contribution is -2.46. The van der Waals surface area contributed by atoms with E-state index < -0.39 is 22.2 Å².